The van der Waals surface area contributed by atoms with Crippen LogP contribution in [0.4, 0.5) is 4.39 Å². The summed E-state index contributed by atoms with van der Waals surface area (Å²) in [7, 11) is 0. The molecule has 1 aliphatic rings. The van der Waals surface area contributed by atoms with E-state index in [4.69, 9.17) is 5.73 Å². The van der Waals surface area contributed by atoms with Crippen molar-refractivity contribution >= 4 is 0 Å². The molecule has 0 aliphatic heterocycles. The second-order valence-electron chi connectivity index (χ2n) is 5.20. The van der Waals surface area contributed by atoms with E-state index in [0.29, 0.717) is 19.3 Å². The first kappa shape index (κ1) is 12.6. The molecule has 0 unspecified atom stereocenters. The Labute approximate surface area is 102 Å². The first-order chi connectivity index (χ1) is 8.13. The summed E-state index contributed by atoms with van der Waals surface area (Å²) >= 11 is 0. The van der Waals surface area contributed by atoms with Crippen LogP contribution in [-0.4, -0.2) is 21.3 Å². The van der Waals surface area contributed by atoms with Gasteiger partial charge in [0.1, 0.15) is 11.5 Å². The quantitative estimate of drug-likeness (QED) is 0.877. The number of rotatable bonds is 4. The molecule has 3 nitrogen and oxygen atoms in total. The van der Waals surface area contributed by atoms with E-state index in [1.54, 1.807) is 6.20 Å². The predicted molar refractivity (Wildman–Crippen MR) is 66.5 cm³/mol. The van der Waals surface area contributed by atoms with Crippen LogP contribution in [0.15, 0.2) is 12.4 Å². The van der Waals surface area contributed by atoms with Crippen molar-refractivity contribution in [2.45, 2.75) is 63.7 Å². The molecule has 1 heterocycles. The molecule has 1 aromatic rings. The summed E-state index contributed by atoms with van der Waals surface area (Å²) in [6.45, 7) is 3.04. The van der Waals surface area contributed by atoms with Crippen molar-refractivity contribution in [2.24, 2.45) is 5.73 Å². The largest absolute Gasteiger partial charge is 0.335 e. The summed E-state index contributed by atoms with van der Waals surface area (Å²) < 4.78 is 16.7. The summed E-state index contributed by atoms with van der Waals surface area (Å²) in [4.78, 5) is 4.28. The fourth-order valence-corrected chi connectivity index (χ4v) is 2.57. The van der Waals surface area contributed by atoms with E-state index in [9.17, 15) is 4.39 Å². The maximum Gasteiger partial charge on any atom is 0.118 e. The number of hydrogen-bond acceptors (Lipinski definition) is 2. The Kier molecular flexibility index (Phi) is 3.82. The summed E-state index contributed by atoms with van der Waals surface area (Å²) in [5.74, 6) is 0.879. The van der Waals surface area contributed by atoms with Crippen LogP contribution in [-0.2, 0) is 13.0 Å². The highest BCUT2D eigenvalue weighted by atomic mass is 19.1. The Hall–Kier alpha value is -0.900. The minimum absolute atomic E-state index is 0.189. The third-order valence-electron chi connectivity index (χ3n) is 3.67. The molecular weight excluding hydrogens is 217 g/mol. The molecule has 0 atom stereocenters. The Morgan fingerprint density at radius 3 is 2.88 bits per heavy atom. The second kappa shape index (κ2) is 5.17. The normalized spacial score (nSPS) is 29.5. The van der Waals surface area contributed by atoms with Crippen LogP contribution in [0.5, 0.6) is 0 Å². The molecule has 1 aliphatic carbocycles. The maximum atomic E-state index is 14.6. The molecule has 2 rings (SSSR count). The van der Waals surface area contributed by atoms with Crippen molar-refractivity contribution < 1.29 is 4.39 Å². The molecule has 1 fully saturated rings. The fourth-order valence-electron chi connectivity index (χ4n) is 2.57. The van der Waals surface area contributed by atoms with Gasteiger partial charge in [-0.1, -0.05) is 6.92 Å². The smallest absolute Gasteiger partial charge is 0.118 e. The topological polar surface area (TPSA) is 43.8 Å². The van der Waals surface area contributed by atoms with Crippen molar-refractivity contribution in [1.82, 2.24) is 9.55 Å². The lowest BCUT2D eigenvalue weighted by Crippen LogP contribution is -2.37. The molecule has 1 saturated carbocycles. The fraction of sp³-hybridized carbons (Fsp3) is 0.769. The van der Waals surface area contributed by atoms with E-state index in [1.165, 1.54) is 0 Å². The Morgan fingerprint density at radius 2 is 2.24 bits per heavy atom. The van der Waals surface area contributed by atoms with Crippen LogP contribution in [0.2, 0.25) is 0 Å². The van der Waals surface area contributed by atoms with Gasteiger partial charge in [0.25, 0.3) is 0 Å². The van der Waals surface area contributed by atoms with Crippen molar-refractivity contribution in [2.75, 3.05) is 0 Å². The third-order valence-corrected chi connectivity index (χ3v) is 3.67. The lowest BCUT2D eigenvalue weighted by atomic mass is 9.81. The van der Waals surface area contributed by atoms with E-state index >= 15 is 0 Å². The van der Waals surface area contributed by atoms with Gasteiger partial charge >= 0.3 is 0 Å². The average molecular weight is 239 g/mol. The van der Waals surface area contributed by atoms with Gasteiger partial charge in [0.05, 0.1) is 0 Å². The van der Waals surface area contributed by atoms with Gasteiger partial charge < -0.3 is 10.3 Å². The van der Waals surface area contributed by atoms with Crippen LogP contribution in [0.3, 0.4) is 0 Å². The van der Waals surface area contributed by atoms with Crippen molar-refractivity contribution in [1.29, 1.82) is 0 Å². The Bertz CT molecular complexity index is 353. The summed E-state index contributed by atoms with van der Waals surface area (Å²) in [6, 6.07) is 0.189. The van der Waals surface area contributed by atoms with Crippen LogP contribution in [0.25, 0.3) is 0 Å². The van der Waals surface area contributed by atoms with Crippen LogP contribution in [0.1, 0.15) is 44.9 Å². The first-order valence-corrected chi connectivity index (χ1v) is 6.57. The molecule has 96 valence electrons. The highest BCUT2D eigenvalue weighted by Gasteiger charge is 2.35. The molecule has 0 amide bonds. The van der Waals surface area contributed by atoms with Crippen molar-refractivity contribution in [3.63, 3.8) is 0 Å². The van der Waals surface area contributed by atoms with Crippen molar-refractivity contribution in [3.05, 3.63) is 18.2 Å². The molecule has 0 saturated heterocycles. The standard InChI is InChI=1S/C13H22FN3/c1-2-8-17-9-7-16-12(17)10-13(14)5-3-11(15)4-6-13/h7,9,11H,2-6,8,10,15H2,1H3. The van der Waals surface area contributed by atoms with E-state index in [-0.39, 0.29) is 6.04 Å². The number of aromatic nitrogens is 2. The van der Waals surface area contributed by atoms with Crippen LogP contribution < -0.4 is 5.73 Å². The SMILES string of the molecule is CCCn1ccnc1CC1(F)CCC(N)CC1. The predicted octanol–water partition coefficient (Wildman–Crippen LogP) is 2.45. The van der Waals surface area contributed by atoms with Gasteiger partial charge in [-0.15, -0.1) is 0 Å². The second-order valence-corrected chi connectivity index (χ2v) is 5.20. The van der Waals surface area contributed by atoms with Gasteiger partial charge in [0, 0.05) is 31.4 Å². The van der Waals surface area contributed by atoms with Gasteiger partial charge in [0.2, 0.25) is 0 Å². The highest BCUT2D eigenvalue weighted by molar-refractivity contribution is 5.01. The summed E-state index contributed by atoms with van der Waals surface area (Å²) in [5.41, 5.74) is 4.73. The van der Waals surface area contributed by atoms with Crippen LogP contribution >= 0.6 is 0 Å². The molecule has 2 N–H and O–H groups in total. The number of hydrogen-bond donors (Lipinski definition) is 1. The lowest BCUT2D eigenvalue weighted by molar-refractivity contribution is 0.0960. The van der Waals surface area contributed by atoms with Gasteiger partial charge in [-0.05, 0) is 32.1 Å². The van der Waals surface area contributed by atoms with Gasteiger partial charge in [-0.2, -0.15) is 0 Å². The molecule has 1 aromatic heterocycles. The number of alkyl halides is 1. The molecule has 4 heteroatoms. The van der Waals surface area contributed by atoms with Gasteiger partial charge in [-0.3, -0.25) is 0 Å². The lowest BCUT2D eigenvalue weighted by Gasteiger charge is -2.32. The molecule has 0 aromatic carbocycles. The average Bonchev–Trinajstić information content (AvgIpc) is 2.71. The number of nitrogens with zero attached hydrogens (tertiary/aromatic N) is 2. The molecular formula is C13H22FN3. The zero-order valence-electron chi connectivity index (χ0n) is 10.5. The monoisotopic (exact) mass is 239 g/mol. The van der Waals surface area contributed by atoms with E-state index in [0.717, 1.165) is 31.6 Å². The number of nitrogens with two attached hydrogens (primary N) is 1. The number of halogens is 1. The molecule has 0 radical (unpaired) electrons. The molecule has 17 heavy (non-hydrogen) atoms. The molecule has 0 spiro atoms. The zero-order chi connectivity index (χ0) is 12.3. The van der Waals surface area contributed by atoms with E-state index in [2.05, 4.69) is 16.5 Å². The minimum atomic E-state index is -1.09. The maximum absolute atomic E-state index is 14.6. The summed E-state index contributed by atoms with van der Waals surface area (Å²) in [6.07, 6.45) is 7.94. The first-order valence-electron chi connectivity index (χ1n) is 6.57. The zero-order valence-corrected chi connectivity index (χ0v) is 10.5. The Balaban J connectivity index is 2.01. The highest BCUT2D eigenvalue weighted by Crippen LogP contribution is 2.34. The summed E-state index contributed by atoms with van der Waals surface area (Å²) in [5, 5.41) is 0. The van der Waals surface area contributed by atoms with E-state index in [1.807, 2.05) is 6.20 Å². The third kappa shape index (κ3) is 3.06. The van der Waals surface area contributed by atoms with Crippen molar-refractivity contribution in [3.8, 4) is 0 Å². The minimum Gasteiger partial charge on any atom is -0.335 e. The number of imidazole rings is 1. The van der Waals surface area contributed by atoms with Gasteiger partial charge in [0.15, 0.2) is 0 Å². The molecule has 0 bridgehead atoms. The number of aryl methyl sites for hydroxylation is 1. The van der Waals surface area contributed by atoms with Gasteiger partial charge in [-0.25, -0.2) is 9.37 Å². The van der Waals surface area contributed by atoms with E-state index < -0.39 is 5.67 Å². The Morgan fingerprint density at radius 1 is 1.53 bits per heavy atom. The van der Waals surface area contributed by atoms with Crippen LogP contribution in [0, 0.1) is 0 Å².